The number of benzene rings is 1. The molecule has 1 atom stereocenters. The number of fused-ring (bicyclic) bond motifs is 1. The predicted molar refractivity (Wildman–Crippen MR) is 53.7 cm³/mol. The fourth-order valence-electron chi connectivity index (χ4n) is 1.67. The average Bonchev–Trinajstić information content (AvgIpc) is 2.48. The van der Waals surface area contributed by atoms with Crippen molar-refractivity contribution in [2.75, 3.05) is 0 Å². The molecule has 2 rings (SSSR count). The number of carbonyl (C=O) groups excluding carboxylic acids is 1. The van der Waals surface area contributed by atoms with E-state index in [0.29, 0.717) is 6.42 Å². The molecule has 0 heterocycles. The lowest BCUT2D eigenvalue weighted by atomic mass is 9.98. The molecule has 0 aromatic heterocycles. The zero-order valence-electron chi connectivity index (χ0n) is 7.03. The van der Waals surface area contributed by atoms with Crippen molar-refractivity contribution in [1.29, 1.82) is 0 Å². The minimum absolute atomic E-state index is 0.182. The molecule has 1 aromatic rings. The van der Waals surface area contributed by atoms with Gasteiger partial charge in [-0.1, -0.05) is 36.4 Å². The van der Waals surface area contributed by atoms with Gasteiger partial charge < -0.3 is 0 Å². The average molecular weight is 193 g/mol. The maximum Gasteiger partial charge on any atom is 0.222 e. The summed E-state index contributed by atoms with van der Waals surface area (Å²) in [5, 5.41) is -0.272. The van der Waals surface area contributed by atoms with E-state index in [1.54, 1.807) is 0 Å². The summed E-state index contributed by atoms with van der Waals surface area (Å²) in [6, 6.07) is 8.07. The van der Waals surface area contributed by atoms with E-state index >= 15 is 0 Å². The number of halogens is 1. The fourth-order valence-corrected chi connectivity index (χ4v) is 1.84. The summed E-state index contributed by atoms with van der Waals surface area (Å²) in [7, 11) is 0. The Morgan fingerprint density at radius 3 is 2.92 bits per heavy atom. The normalized spacial score (nSPS) is 18.7. The summed E-state index contributed by atoms with van der Waals surface area (Å²) in [4.78, 5) is 10.7. The molecule has 1 aromatic carbocycles. The van der Waals surface area contributed by atoms with Crippen LogP contribution in [0.4, 0.5) is 0 Å². The maximum absolute atomic E-state index is 10.7. The monoisotopic (exact) mass is 192 g/mol. The van der Waals surface area contributed by atoms with E-state index in [1.807, 2.05) is 36.4 Å². The third-order valence-electron chi connectivity index (χ3n) is 2.28. The van der Waals surface area contributed by atoms with Crippen LogP contribution in [0.5, 0.6) is 0 Å². The molecule has 66 valence electrons. The molecule has 13 heavy (non-hydrogen) atoms. The van der Waals surface area contributed by atoms with Gasteiger partial charge in [-0.25, -0.2) is 0 Å². The molecule has 0 fully saturated rings. The van der Waals surface area contributed by atoms with Gasteiger partial charge in [-0.15, -0.1) is 0 Å². The molecule has 0 aliphatic heterocycles. The van der Waals surface area contributed by atoms with Crippen molar-refractivity contribution in [3.05, 3.63) is 41.5 Å². The van der Waals surface area contributed by atoms with Crippen molar-refractivity contribution in [2.45, 2.75) is 12.3 Å². The van der Waals surface area contributed by atoms with Gasteiger partial charge >= 0.3 is 0 Å². The molecule has 1 aliphatic rings. The van der Waals surface area contributed by atoms with Gasteiger partial charge in [0, 0.05) is 12.3 Å². The number of hydrogen-bond acceptors (Lipinski definition) is 1. The second-order valence-corrected chi connectivity index (χ2v) is 3.58. The highest BCUT2D eigenvalue weighted by atomic mass is 35.5. The minimum Gasteiger partial charge on any atom is -0.281 e. The zero-order valence-corrected chi connectivity index (χ0v) is 7.79. The van der Waals surface area contributed by atoms with E-state index in [0.717, 1.165) is 0 Å². The first kappa shape index (κ1) is 8.52. The SMILES string of the molecule is O=C(Cl)CC1C=Cc2ccccc21. The Morgan fingerprint density at radius 1 is 1.38 bits per heavy atom. The molecule has 0 bridgehead atoms. The van der Waals surface area contributed by atoms with Crippen molar-refractivity contribution < 1.29 is 4.79 Å². The molecule has 0 saturated heterocycles. The largest absolute Gasteiger partial charge is 0.281 e. The molecule has 2 heteroatoms. The van der Waals surface area contributed by atoms with Crippen molar-refractivity contribution in [3.63, 3.8) is 0 Å². The summed E-state index contributed by atoms with van der Waals surface area (Å²) >= 11 is 5.35. The van der Waals surface area contributed by atoms with Gasteiger partial charge in [-0.05, 0) is 22.7 Å². The summed E-state index contributed by atoms with van der Waals surface area (Å²) in [5.74, 6) is 0.182. The van der Waals surface area contributed by atoms with Crippen molar-refractivity contribution in [1.82, 2.24) is 0 Å². The van der Waals surface area contributed by atoms with Gasteiger partial charge in [-0.3, -0.25) is 4.79 Å². The smallest absolute Gasteiger partial charge is 0.222 e. The molecule has 1 unspecified atom stereocenters. The third kappa shape index (κ3) is 1.65. The highest BCUT2D eigenvalue weighted by Crippen LogP contribution is 2.32. The van der Waals surface area contributed by atoms with E-state index < -0.39 is 0 Å². The van der Waals surface area contributed by atoms with Crippen LogP contribution >= 0.6 is 11.6 Å². The standard InChI is InChI=1S/C11H9ClO/c12-11(13)7-9-6-5-8-3-1-2-4-10(8)9/h1-6,9H,7H2. The quantitative estimate of drug-likeness (QED) is 0.659. The highest BCUT2D eigenvalue weighted by molar-refractivity contribution is 6.63. The summed E-state index contributed by atoms with van der Waals surface area (Å²) in [6.07, 6.45) is 4.47. The third-order valence-corrected chi connectivity index (χ3v) is 2.44. The first-order valence-electron chi connectivity index (χ1n) is 4.23. The lowest BCUT2D eigenvalue weighted by Gasteiger charge is -2.06. The van der Waals surface area contributed by atoms with Crippen LogP contribution in [0.1, 0.15) is 23.5 Å². The lowest BCUT2D eigenvalue weighted by Crippen LogP contribution is -1.97. The zero-order chi connectivity index (χ0) is 9.26. The summed E-state index contributed by atoms with van der Waals surface area (Å²) < 4.78 is 0. The molecule has 0 saturated carbocycles. The number of rotatable bonds is 2. The first-order chi connectivity index (χ1) is 6.27. The second kappa shape index (κ2) is 3.35. The van der Waals surface area contributed by atoms with E-state index in [-0.39, 0.29) is 11.2 Å². The van der Waals surface area contributed by atoms with Gasteiger partial charge in [-0.2, -0.15) is 0 Å². The number of allylic oxidation sites excluding steroid dienone is 1. The van der Waals surface area contributed by atoms with Crippen LogP contribution in [0.25, 0.3) is 6.08 Å². The molecule has 0 amide bonds. The molecule has 0 spiro atoms. The van der Waals surface area contributed by atoms with E-state index in [4.69, 9.17) is 11.6 Å². The minimum atomic E-state index is -0.272. The molecular weight excluding hydrogens is 184 g/mol. The maximum atomic E-state index is 10.7. The van der Waals surface area contributed by atoms with Crippen LogP contribution in [0.3, 0.4) is 0 Å². The van der Waals surface area contributed by atoms with Crippen LogP contribution in [-0.2, 0) is 4.79 Å². The van der Waals surface area contributed by atoms with Gasteiger partial charge in [0.05, 0.1) is 0 Å². The van der Waals surface area contributed by atoms with Gasteiger partial charge in [0.2, 0.25) is 5.24 Å². The van der Waals surface area contributed by atoms with E-state index in [2.05, 4.69) is 0 Å². The van der Waals surface area contributed by atoms with Crippen LogP contribution < -0.4 is 0 Å². The van der Waals surface area contributed by atoms with Crippen molar-refractivity contribution in [3.8, 4) is 0 Å². The Balaban J connectivity index is 2.28. The van der Waals surface area contributed by atoms with Gasteiger partial charge in [0.1, 0.15) is 0 Å². The lowest BCUT2D eigenvalue weighted by molar-refractivity contribution is -0.111. The molecule has 0 N–H and O–H groups in total. The Labute approximate surface area is 82.0 Å². The van der Waals surface area contributed by atoms with Crippen LogP contribution in [0, 0.1) is 0 Å². The Kier molecular flexibility index (Phi) is 2.19. The van der Waals surface area contributed by atoms with Crippen molar-refractivity contribution in [2.24, 2.45) is 0 Å². The summed E-state index contributed by atoms with van der Waals surface area (Å²) in [6.45, 7) is 0. The predicted octanol–water partition coefficient (Wildman–Crippen LogP) is 2.95. The first-order valence-corrected chi connectivity index (χ1v) is 4.60. The van der Waals surface area contributed by atoms with Gasteiger partial charge in [0.25, 0.3) is 0 Å². The molecule has 1 aliphatic carbocycles. The van der Waals surface area contributed by atoms with Crippen molar-refractivity contribution >= 4 is 22.9 Å². The van der Waals surface area contributed by atoms with Crippen LogP contribution in [-0.4, -0.2) is 5.24 Å². The van der Waals surface area contributed by atoms with Crippen LogP contribution in [0.2, 0.25) is 0 Å². The Morgan fingerprint density at radius 2 is 2.15 bits per heavy atom. The fraction of sp³-hybridized carbons (Fsp3) is 0.182. The topological polar surface area (TPSA) is 17.1 Å². The second-order valence-electron chi connectivity index (χ2n) is 3.15. The van der Waals surface area contributed by atoms with E-state index in [1.165, 1.54) is 11.1 Å². The Bertz CT molecular complexity index is 368. The molecule has 1 nitrogen and oxygen atoms in total. The summed E-state index contributed by atoms with van der Waals surface area (Å²) in [5.41, 5.74) is 2.40. The molecule has 0 radical (unpaired) electrons. The molecular formula is C11H9ClO. The van der Waals surface area contributed by atoms with Crippen LogP contribution in [0.15, 0.2) is 30.3 Å². The highest BCUT2D eigenvalue weighted by Gasteiger charge is 2.18. The van der Waals surface area contributed by atoms with Gasteiger partial charge in [0.15, 0.2) is 0 Å². The number of hydrogen-bond donors (Lipinski definition) is 0. The number of carbonyl (C=O) groups is 1. The van der Waals surface area contributed by atoms with E-state index in [9.17, 15) is 4.79 Å². The Hall–Kier alpha value is -1.08.